The molecular formula is C9H19NO2. The normalized spacial score (nSPS) is 24.2. The Bertz CT molecular complexity index is 126. The van der Waals surface area contributed by atoms with Gasteiger partial charge in [0.15, 0.2) is 0 Å². The Hall–Kier alpha value is -0.120. The number of piperidine rings is 1. The molecule has 0 atom stereocenters. The first kappa shape index (κ1) is 9.96. The molecule has 0 unspecified atom stereocenters. The van der Waals surface area contributed by atoms with Crippen molar-refractivity contribution < 1.29 is 9.84 Å². The molecule has 1 aliphatic rings. The van der Waals surface area contributed by atoms with E-state index in [1.165, 1.54) is 0 Å². The van der Waals surface area contributed by atoms with Crippen LogP contribution < -0.4 is 0 Å². The van der Waals surface area contributed by atoms with Gasteiger partial charge in [0.1, 0.15) is 0 Å². The van der Waals surface area contributed by atoms with Gasteiger partial charge in [-0.1, -0.05) is 0 Å². The highest BCUT2D eigenvalue weighted by atomic mass is 16.5. The van der Waals surface area contributed by atoms with E-state index in [2.05, 4.69) is 4.90 Å². The third-order valence-electron chi connectivity index (χ3n) is 2.54. The zero-order valence-corrected chi connectivity index (χ0v) is 8.05. The minimum absolute atomic E-state index is 0.427. The molecule has 0 aromatic rings. The fourth-order valence-electron chi connectivity index (χ4n) is 1.48. The van der Waals surface area contributed by atoms with Gasteiger partial charge in [0.2, 0.25) is 0 Å². The van der Waals surface area contributed by atoms with Crippen molar-refractivity contribution in [2.24, 2.45) is 0 Å². The molecule has 0 radical (unpaired) electrons. The summed E-state index contributed by atoms with van der Waals surface area (Å²) in [5.41, 5.74) is -0.427. The van der Waals surface area contributed by atoms with E-state index in [0.29, 0.717) is 0 Å². The van der Waals surface area contributed by atoms with Gasteiger partial charge in [-0.25, -0.2) is 0 Å². The van der Waals surface area contributed by atoms with Gasteiger partial charge in [0.05, 0.1) is 12.2 Å². The molecule has 1 heterocycles. The summed E-state index contributed by atoms with van der Waals surface area (Å²) in [5.74, 6) is 0. The highest BCUT2D eigenvalue weighted by molar-refractivity contribution is 4.81. The smallest absolute Gasteiger partial charge is 0.0644 e. The molecule has 1 fully saturated rings. The maximum absolute atomic E-state index is 9.66. The Balaban J connectivity index is 2.18. The fourth-order valence-corrected chi connectivity index (χ4v) is 1.48. The number of ether oxygens (including phenoxy) is 1. The van der Waals surface area contributed by atoms with E-state index in [1.54, 1.807) is 7.11 Å². The molecule has 0 aliphatic carbocycles. The Morgan fingerprint density at radius 3 is 2.50 bits per heavy atom. The minimum atomic E-state index is -0.427. The number of hydrogen-bond acceptors (Lipinski definition) is 3. The average Bonchev–Trinajstić information content (AvgIpc) is 2.03. The molecular weight excluding hydrogens is 154 g/mol. The van der Waals surface area contributed by atoms with Crippen molar-refractivity contribution in [3.05, 3.63) is 0 Å². The number of likely N-dealkylation sites (tertiary alicyclic amines) is 1. The van der Waals surface area contributed by atoms with E-state index in [9.17, 15) is 5.11 Å². The number of aliphatic hydroxyl groups is 1. The lowest BCUT2D eigenvalue weighted by molar-refractivity contribution is -0.0101. The molecule has 3 nitrogen and oxygen atoms in total. The number of methoxy groups -OCH3 is 1. The Morgan fingerprint density at radius 1 is 1.42 bits per heavy atom. The molecule has 0 amide bonds. The predicted molar refractivity (Wildman–Crippen MR) is 48.2 cm³/mol. The van der Waals surface area contributed by atoms with Crippen LogP contribution in [-0.4, -0.2) is 49.0 Å². The highest BCUT2D eigenvalue weighted by Gasteiger charge is 2.26. The second kappa shape index (κ2) is 4.21. The lowest BCUT2D eigenvalue weighted by atomic mass is 9.94. The molecule has 0 spiro atoms. The third-order valence-corrected chi connectivity index (χ3v) is 2.54. The predicted octanol–water partition coefficient (Wildman–Crippen LogP) is 0.480. The zero-order chi connectivity index (χ0) is 9.03. The number of rotatable bonds is 3. The van der Waals surface area contributed by atoms with Crippen molar-refractivity contribution in [1.82, 2.24) is 4.90 Å². The van der Waals surface area contributed by atoms with Gasteiger partial charge in [0.25, 0.3) is 0 Å². The molecule has 3 heteroatoms. The minimum Gasteiger partial charge on any atom is -0.390 e. The molecule has 1 saturated heterocycles. The first-order valence-electron chi connectivity index (χ1n) is 4.58. The van der Waals surface area contributed by atoms with Gasteiger partial charge >= 0.3 is 0 Å². The molecule has 1 aliphatic heterocycles. The van der Waals surface area contributed by atoms with Crippen molar-refractivity contribution in [2.45, 2.75) is 25.4 Å². The van der Waals surface area contributed by atoms with E-state index in [4.69, 9.17) is 4.74 Å². The standard InChI is InChI=1S/C9H19NO2/c1-9(11)3-5-10(6-4-9)7-8-12-2/h11H,3-8H2,1-2H3. The number of hydrogen-bond donors (Lipinski definition) is 1. The summed E-state index contributed by atoms with van der Waals surface area (Å²) in [6.07, 6.45) is 1.77. The van der Waals surface area contributed by atoms with Gasteiger partial charge in [0, 0.05) is 26.7 Å². The van der Waals surface area contributed by atoms with Gasteiger partial charge in [-0.2, -0.15) is 0 Å². The van der Waals surface area contributed by atoms with Crippen LogP contribution in [0.5, 0.6) is 0 Å². The molecule has 0 saturated carbocycles. The third kappa shape index (κ3) is 3.09. The topological polar surface area (TPSA) is 32.7 Å². The van der Waals surface area contributed by atoms with E-state index in [-0.39, 0.29) is 0 Å². The summed E-state index contributed by atoms with van der Waals surface area (Å²) in [5, 5.41) is 9.66. The van der Waals surface area contributed by atoms with Crippen LogP contribution in [0.15, 0.2) is 0 Å². The van der Waals surface area contributed by atoms with E-state index < -0.39 is 5.60 Å². The Labute approximate surface area is 74.3 Å². The summed E-state index contributed by atoms with van der Waals surface area (Å²) in [7, 11) is 1.72. The first-order valence-corrected chi connectivity index (χ1v) is 4.58. The lowest BCUT2D eigenvalue weighted by Crippen LogP contribution is -2.43. The van der Waals surface area contributed by atoms with Crippen LogP contribution in [0.3, 0.4) is 0 Å². The Morgan fingerprint density at radius 2 is 2.00 bits per heavy atom. The van der Waals surface area contributed by atoms with Crippen LogP contribution in [0, 0.1) is 0 Å². The summed E-state index contributed by atoms with van der Waals surface area (Å²) in [6, 6.07) is 0. The quantitative estimate of drug-likeness (QED) is 0.674. The van der Waals surface area contributed by atoms with Crippen molar-refractivity contribution in [1.29, 1.82) is 0 Å². The average molecular weight is 173 g/mol. The van der Waals surface area contributed by atoms with Crippen molar-refractivity contribution in [3.8, 4) is 0 Å². The van der Waals surface area contributed by atoms with Crippen LogP contribution in [0.4, 0.5) is 0 Å². The van der Waals surface area contributed by atoms with E-state index >= 15 is 0 Å². The lowest BCUT2D eigenvalue weighted by Gasteiger charge is -2.35. The van der Waals surface area contributed by atoms with Crippen molar-refractivity contribution >= 4 is 0 Å². The zero-order valence-electron chi connectivity index (χ0n) is 8.05. The van der Waals surface area contributed by atoms with Crippen molar-refractivity contribution in [3.63, 3.8) is 0 Å². The monoisotopic (exact) mass is 173 g/mol. The Kier molecular flexibility index (Phi) is 3.50. The van der Waals surface area contributed by atoms with Crippen LogP contribution in [0.2, 0.25) is 0 Å². The van der Waals surface area contributed by atoms with Crippen LogP contribution in [0.1, 0.15) is 19.8 Å². The molecule has 12 heavy (non-hydrogen) atoms. The maximum Gasteiger partial charge on any atom is 0.0644 e. The van der Waals surface area contributed by atoms with E-state index in [1.807, 2.05) is 6.92 Å². The molecule has 1 rings (SSSR count). The molecule has 1 N–H and O–H groups in total. The first-order chi connectivity index (χ1) is 5.64. The SMILES string of the molecule is COCCN1CCC(C)(O)CC1. The van der Waals surface area contributed by atoms with Crippen LogP contribution >= 0.6 is 0 Å². The summed E-state index contributed by atoms with van der Waals surface area (Å²) in [6.45, 7) is 5.70. The second-order valence-corrected chi connectivity index (χ2v) is 3.83. The summed E-state index contributed by atoms with van der Waals surface area (Å²) in [4.78, 5) is 2.33. The summed E-state index contributed by atoms with van der Waals surface area (Å²) >= 11 is 0. The van der Waals surface area contributed by atoms with E-state index in [0.717, 1.165) is 39.1 Å². The summed E-state index contributed by atoms with van der Waals surface area (Å²) < 4.78 is 4.99. The molecule has 0 aromatic carbocycles. The molecule has 0 bridgehead atoms. The number of nitrogens with zero attached hydrogens (tertiary/aromatic N) is 1. The largest absolute Gasteiger partial charge is 0.390 e. The van der Waals surface area contributed by atoms with Crippen molar-refractivity contribution in [2.75, 3.05) is 33.4 Å². The van der Waals surface area contributed by atoms with Crippen LogP contribution in [-0.2, 0) is 4.74 Å². The van der Waals surface area contributed by atoms with Crippen LogP contribution in [0.25, 0.3) is 0 Å². The van der Waals surface area contributed by atoms with Gasteiger partial charge in [-0.3, -0.25) is 0 Å². The van der Waals surface area contributed by atoms with Gasteiger partial charge < -0.3 is 14.7 Å². The van der Waals surface area contributed by atoms with Gasteiger partial charge in [-0.15, -0.1) is 0 Å². The fraction of sp³-hybridized carbons (Fsp3) is 1.00. The second-order valence-electron chi connectivity index (χ2n) is 3.83. The highest BCUT2D eigenvalue weighted by Crippen LogP contribution is 2.20. The molecule has 72 valence electrons. The van der Waals surface area contributed by atoms with Gasteiger partial charge in [-0.05, 0) is 19.8 Å². The maximum atomic E-state index is 9.66. The molecule has 0 aromatic heterocycles.